The van der Waals surface area contributed by atoms with Gasteiger partial charge in [0.25, 0.3) is 5.56 Å². The first-order chi connectivity index (χ1) is 16.0. The fraction of sp³-hybridized carbons (Fsp3) is 0. The molecule has 4 aromatic rings. The summed E-state index contributed by atoms with van der Waals surface area (Å²) < 4.78 is 0. The second-order valence-corrected chi connectivity index (χ2v) is 6.82. The Morgan fingerprint density at radius 1 is 1.00 bits per heavy atom. The van der Waals surface area contributed by atoms with Crippen molar-refractivity contribution in [3.63, 3.8) is 0 Å². The van der Waals surface area contributed by atoms with Gasteiger partial charge in [-0.15, -0.1) is 0 Å². The Morgan fingerprint density at radius 3 is 2.45 bits per heavy atom. The molecule has 4 rings (SSSR count). The number of hydrazone groups is 1. The van der Waals surface area contributed by atoms with E-state index in [0.29, 0.717) is 11.3 Å². The van der Waals surface area contributed by atoms with Crippen molar-refractivity contribution in [3.05, 3.63) is 100.0 Å². The molecule has 0 unspecified atom stereocenters. The van der Waals surface area contributed by atoms with Gasteiger partial charge in [0.1, 0.15) is 17.3 Å². The molecule has 0 aliphatic carbocycles. The maximum Gasteiger partial charge on any atom is 0.354 e. The maximum atomic E-state index is 12.3. The van der Waals surface area contributed by atoms with Crippen LogP contribution >= 0.6 is 0 Å². The van der Waals surface area contributed by atoms with E-state index in [2.05, 4.69) is 25.5 Å². The van der Waals surface area contributed by atoms with E-state index in [4.69, 9.17) is 5.11 Å². The number of carbonyl (C=O) groups is 1. The van der Waals surface area contributed by atoms with Crippen molar-refractivity contribution >= 4 is 18.1 Å². The molecular formula is C24H16N6O3. The second kappa shape index (κ2) is 9.36. The Balaban J connectivity index is 1.52. The molecule has 0 amide bonds. The maximum absolute atomic E-state index is 12.3. The number of benzene rings is 2. The van der Waals surface area contributed by atoms with E-state index in [9.17, 15) is 14.9 Å². The van der Waals surface area contributed by atoms with Crippen LogP contribution in [0.25, 0.3) is 22.5 Å². The molecule has 0 spiro atoms. The first-order valence-electron chi connectivity index (χ1n) is 9.75. The molecule has 9 nitrogen and oxygen atoms in total. The second-order valence-electron chi connectivity index (χ2n) is 6.82. The summed E-state index contributed by atoms with van der Waals surface area (Å²) in [4.78, 5) is 34.3. The lowest BCUT2D eigenvalue weighted by atomic mass is 10.1. The Hall–Kier alpha value is -5.10. The molecule has 2 aromatic carbocycles. The van der Waals surface area contributed by atoms with E-state index in [1.165, 1.54) is 12.3 Å². The van der Waals surface area contributed by atoms with Crippen LogP contribution < -0.4 is 11.0 Å². The van der Waals surface area contributed by atoms with Gasteiger partial charge in [-0.2, -0.15) is 10.4 Å². The quantitative estimate of drug-likeness (QED) is 0.310. The molecule has 0 aliphatic rings. The van der Waals surface area contributed by atoms with Crippen molar-refractivity contribution in [2.45, 2.75) is 0 Å². The minimum atomic E-state index is -1.09. The average molecular weight is 436 g/mol. The van der Waals surface area contributed by atoms with Crippen molar-refractivity contribution in [3.8, 4) is 28.6 Å². The minimum Gasteiger partial charge on any atom is -0.477 e. The summed E-state index contributed by atoms with van der Waals surface area (Å²) in [6.07, 6.45) is 1.53. The number of nitrogens with one attached hydrogen (secondary N) is 2. The number of H-pyrrole nitrogens is 1. The van der Waals surface area contributed by atoms with E-state index in [1.54, 1.807) is 60.7 Å². The van der Waals surface area contributed by atoms with Gasteiger partial charge in [-0.3, -0.25) is 9.78 Å². The molecule has 0 aliphatic heterocycles. The first-order valence-corrected chi connectivity index (χ1v) is 9.75. The van der Waals surface area contributed by atoms with Crippen LogP contribution in [0, 0.1) is 11.3 Å². The number of aromatic nitrogens is 3. The van der Waals surface area contributed by atoms with Gasteiger partial charge in [-0.05, 0) is 17.7 Å². The van der Waals surface area contributed by atoms with Gasteiger partial charge >= 0.3 is 5.97 Å². The SMILES string of the molecule is N#Cc1c(-c2ccccc2)nc(NN=Cc2ccc(-c3cccc(C(=O)O)n3)cc2)[nH]c1=O. The van der Waals surface area contributed by atoms with E-state index in [1.807, 2.05) is 12.1 Å². The molecule has 0 saturated carbocycles. The summed E-state index contributed by atoms with van der Waals surface area (Å²) >= 11 is 0. The number of hydrogen-bond donors (Lipinski definition) is 3. The number of hydrogen-bond acceptors (Lipinski definition) is 7. The summed E-state index contributed by atoms with van der Waals surface area (Å²) in [5.41, 5.74) is 4.97. The van der Waals surface area contributed by atoms with Gasteiger partial charge in [0.05, 0.1) is 17.6 Å². The molecule has 2 aromatic heterocycles. The van der Waals surface area contributed by atoms with Gasteiger partial charge < -0.3 is 5.11 Å². The highest BCUT2D eigenvalue weighted by atomic mass is 16.4. The summed E-state index contributed by atoms with van der Waals surface area (Å²) in [6, 6.07) is 22.8. The Kier molecular flexibility index (Phi) is 6.00. The molecule has 0 radical (unpaired) electrons. The smallest absolute Gasteiger partial charge is 0.354 e. The number of nitriles is 1. The molecule has 0 bridgehead atoms. The number of rotatable bonds is 6. The van der Waals surface area contributed by atoms with Crippen LogP contribution in [0.2, 0.25) is 0 Å². The van der Waals surface area contributed by atoms with Crippen molar-refractivity contribution in [1.82, 2.24) is 15.0 Å². The molecule has 0 atom stereocenters. The number of pyridine rings is 1. The predicted octanol–water partition coefficient (Wildman–Crippen LogP) is 3.51. The van der Waals surface area contributed by atoms with Gasteiger partial charge in [0.15, 0.2) is 0 Å². The van der Waals surface area contributed by atoms with Crippen LogP contribution in [0.4, 0.5) is 5.95 Å². The summed E-state index contributed by atoms with van der Waals surface area (Å²) in [7, 11) is 0. The average Bonchev–Trinajstić information content (AvgIpc) is 2.85. The van der Waals surface area contributed by atoms with Crippen molar-refractivity contribution in [1.29, 1.82) is 5.26 Å². The number of carboxylic acids is 1. The van der Waals surface area contributed by atoms with Crippen LogP contribution in [0.3, 0.4) is 0 Å². The van der Waals surface area contributed by atoms with Gasteiger partial charge in [0, 0.05) is 11.1 Å². The topological polar surface area (TPSA) is 144 Å². The Morgan fingerprint density at radius 2 is 1.76 bits per heavy atom. The highest BCUT2D eigenvalue weighted by molar-refractivity contribution is 5.86. The molecule has 160 valence electrons. The summed E-state index contributed by atoms with van der Waals surface area (Å²) in [5, 5.41) is 22.5. The summed E-state index contributed by atoms with van der Waals surface area (Å²) in [5.74, 6) is -0.989. The van der Waals surface area contributed by atoms with Crippen LogP contribution in [0.1, 0.15) is 21.6 Å². The third-order valence-electron chi connectivity index (χ3n) is 4.64. The third-order valence-corrected chi connectivity index (χ3v) is 4.64. The molecule has 0 fully saturated rings. The van der Waals surface area contributed by atoms with Gasteiger partial charge in [-0.1, -0.05) is 60.7 Å². The Labute approximate surface area is 187 Å². The molecule has 9 heteroatoms. The highest BCUT2D eigenvalue weighted by Gasteiger charge is 2.13. The van der Waals surface area contributed by atoms with E-state index in [0.717, 1.165) is 11.1 Å². The van der Waals surface area contributed by atoms with E-state index < -0.39 is 11.5 Å². The zero-order valence-corrected chi connectivity index (χ0v) is 17.1. The van der Waals surface area contributed by atoms with Crippen molar-refractivity contribution in [2.75, 3.05) is 5.43 Å². The zero-order chi connectivity index (χ0) is 23.2. The summed E-state index contributed by atoms with van der Waals surface area (Å²) in [6.45, 7) is 0. The fourth-order valence-electron chi connectivity index (χ4n) is 3.06. The van der Waals surface area contributed by atoms with E-state index in [-0.39, 0.29) is 22.9 Å². The normalized spacial score (nSPS) is 10.6. The van der Waals surface area contributed by atoms with Gasteiger partial charge in [-0.25, -0.2) is 20.2 Å². The van der Waals surface area contributed by atoms with Crippen molar-refractivity contribution < 1.29 is 9.90 Å². The minimum absolute atomic E-state index is 0.0267. The lowest BCUT2D eigenvalue weighted by Crippen LogP contribution is -2.16. The van der Waals surface area contributed by atoms with Crippen LogP contribution in [0.5, 0.6) is 0 Å². The molecule has 2 heterocycles. The third kappa shape index (κ3) is 4.81. The lowest BCUT2D eigenvalue weighted by molar-refractivity contribution is 0.0690. The largest absolute Gasteiger partial charge is 0.477 e. The van der Waals surface area contributed by atoms with Crippen LogP contribution in [-0.2, 0) is 0 Å². The number of aromatic amines is 1. The number of aromatic carboxylic acids is 1. The molecule has 0 saturated heterocycles. The van der Waals surface area contributed by atoms with Gasteiger partial charge in [0.2, 0.25) is 5.95 Å². The molecule has 33 heavy (non-hydrogen) atoms. The fourth-order valence-corrected chi connectivity index (χ4v) is 3.06. The highest BCUT2D eigenvalue weighted by Crippen LogP contribution is 2.20. The lowest BCUT2D eigenvalue weighted by Gasteiger charge is -2.06. The van der Waals surface area contributed by atoms with Crippen LogP contribution in [0.15, 0.2) is 82.7 Å². The zero-order valence-electron chi connectivity index (χ0n) is 17.1. The molecular weight excluding hydrogens is 420 g/mol. The Bertz CT molecular complexity index is 1440. The standard InChI is InChI=1S/C24H16N6O3/c25-13-18-21(17-5-2-1-3-6-17)28-24(29-22(18)31)30-26-14-15-9-11-16(12-10-15)19-7-4-8-20(27-19)23(32)33/h1-12,14H,(H,32,33)(H2,28,29,30,31). The van der Waals surface area contributed by atoms with E-state index >= 15 is 0 Å². The number of nitrogens with zero attached hydrogens (tertiary/aromatic N) is 4. The molecule has 3 N–H and O–H groups in total. The predicted molar refractivity (Wildman–Crippen MR) is 123 cm³/mol. The first kappa shape index (κ1) is 21.1. The monoisotopic (exact) mass is 436 g/mol. The van der Waals surface area contributed by atoms with Crippen molar-refractivity contribution in [2.24, 2.45) is 5.10 Å². The number of carboxylic acid groups (broad SMARTS) is 1. The number of anilines is 1. The van der Waals surface area contributed by atoms with Crippen LogP contribution in [-0.4, -0.2) is 32.2 Å².